The zero-order valence-electron chi connectivity index (χ0n) is 13.4. The number of aryl methyl sites for hydroxylation is 1. The van der Waals surface area contributed by atoms with Crippen LogP contribution in [0.5, 0.6) is 0 Å². The van der Waals surface area contributed by atoms with Crippen LogP contribution in [0.15, 0.2) is 12.1 Å². The molecule has 0 heterocycles. The van der Waals surface area contributed by atoms with E-state index in [2.05, 4.69) is 12.2 Å². The van der Waals surface area contributed by atoms with Gasteiger partial charge in [-0.15, -0.1) is 0 Å². The zero-order chi connectivity index (χ0) is 15.4. The molecule has 3 heteroatoms. The van der Waals surface area contributed by atoms with Gasteiger partial charge in [-0.2, -0.15) is 0 Å². The van der Waals surface area contributed by atoms with Gasteiger partial charge in [0.05, 0.1) is 0 Å². The zero-order valence-corrected chi connectivity index (χ0v) is 13.4. The fraction of sp³-hybridized carbons (Fsp3) is 0.667. The average molecular weight is 295 g/mol. The molecule has 0 bridgehead atoms. The molecule has 0 spiro atoms. The Labute approximate surface area is 127 Å². The third kappa shape index (κ3) is 4.26. The summed E-state index contributed by atoms with van der Waals surface area (Å²) in [4.78, 5) is 0. The lowest BCUT2D eigenvalue weighted by atomic mass is 9.83. The Kier molecular flexibility index (Phi) is 5.74. The van der Waals surface area contributed by atoms with Crippen LogP contribution in [0.2, 0.25) is 0 Å². The number of halogens is 2. The fourth-order valence-electron chi connectivity index (χ4n) is 3.46. The van der Waals surface area contributed by atoms with Crippen LogP contribution in [0.1, 0.15) is 69.5 Å². The third-order valence-corrected chi connectivity index (χ3v) is 4.77. The Morgan fingerprint density at radius 3 is 2.43 bits per heavy atom. The molecule has 1 nitrogen and oxygen atoms in total. The maximum absolute atomic E-state index is 14.0. The van der Waals surface area contributed by atoms with E-state index in [1.165, 1.54) is 37.8 Å². The molecule has 1 fully saturated rings. The Hall–Kier alpha value is -0.960. The van der Waals surface area contributed by atoms with Gasteiger partial charge in [0.1, 0.15) is 11.6 Å². The van der Waals surface area contributed by atoms with Crippen LogP contribution in [0, 0.1) is 24.5 Å². The van der Waals surface area contributed by atoms with Gasteiger partial charge in [-0.05, 0) is 63.1 Å². The lowest BCUT2D eigenvalue weighted by Gasteiger charge is -2.31. The maximum atomic E-state index is 14.0. The van der Waals surface area contributed by atoms with Gasteiger partial charge < -0.3 is 5.32 Å². The van der Waals surface area contributed by atoms with Crippen LogP contribution in [0.3, 0.4) is 0 Å². The summed E-state index contributed by atoms with van der Waals surface area (Å²) in [7, 11) is 0. The quantitative estimate of drug-likeness (QED) is 0.779. The molecular weight excluding hydrogens is 268 g/mol. The Morgan fingerprint density at radius 2 is 1.81 bits per heavy atom. The van der Waals surface area contributed by atoms with Crippen molar-refractivity contribution >= 4 is 0 Å². The van der Waals surface area contributed by atoms with E-state index in [4.69, 9.17) is 0 Å². The Balaban J connectivity index is 1.93. The van der Waals surface area contributed by atoms with E-state index in [0.29, 0.717) is 17.2 Å². The lowest BCUT2D eigenvalue weighted by molar-refractivity contribution is 0.265. The summed E-state index contributed by atoms with van der Waals surface area (Å²) < 4.78 is 27.6. The monoisotopic (exact) mass is 295 g/mol. The standard InChI is InChI=1S/C18H27F2N/c1-4-5-14-6-8-15(9-7-14)21-13(3)16-11-17(19)12(2)10-18(16)20/h10-11,13-15,21H,4-9H2,1-3H3. The van der Waals surface area contributed by atoms with E-state index in [-0.39, 0.29) is 17.7 Å². The molecule has 2 rings (SSSR count). The smallest absolute Gasteiger partial charge is 0.128 e. The van der Waals surface area contributed by atoms with Crippen molar-refractivity contribution in [3.63, 3.8) is 0 Å². The van der Waals surface area contributed by atoms with E-state index in [1.54, 1.807) is 6.92 Å². The second-order valence-electron chi connectivity index (χ2n) is 6.52. The molecular formula is C18H27F2N. The van der Waals surface area contributed by atoms with Crippen molar-refractivity contribution in [2.45, 2.75) is 71.4 Å². The topological polar surface area (TPSA) is 12.0 Å². The third-order valence-electron chi connectivity index (χ3n) is 4.77. The van der Waals surface area contributed by atoms with Crippen LogP contribution >= 0.6 is 0 Å². The molecule has 0 aliphatic heterocycles. The van der Waals surface area contributed by atoms with Gasteiger partial charge in [-0.1, -0.05) is 19.8 Å². The molecule has 1 aliphatic carbocycles. The summed E-state index contributed by atoms with van der Waals surface area (Å²) >= 11 is 0. The predicted molar refractivity (Wildman–Crippen MR) is 83.3 cm³/mol. The molecule has 1 aromatic rings. The minimum atomic E-state index is -0.327. The van der Waals surface area contributed by atoms with Crippen LogP contribution in [-0.2, 0) is 0 Å². The van der Waals surface area contributed by atoms with E-state index >= 15 is 0 Å². The molecule has 21 heavy (non-hydrogen) atoms. The van der Waals surface area contributed by atoms with Crippen molar-refractivity contribution in [2.24, 2.45) is 5.92 Å². The maximum Gasteiger partial charge on any atom is 0.128 e. The van der Waals surface area contributed by atoms with E-state index < -0.39 is 0 Å². The summed E-state index contributed by atoms with van der Waals surface area (Å²) in [6.45, 7) is 5.75. The highest BCUT2D eigenvalue weighted by atomic mass is 19.1. The molecule has 118 valence electrons. The SMILES string of the molecule is CCCC1CCC(NC(C)c2cc(F)c(C)cc2F)CC1. The van der Waals surface area contributed by atoms with E-state index in [1.807, 2.05) is 6.92 Å². The van der Waals surface area contributed by atoms with E-state index in [9.17, 15) is 8.78 Å². The van der Waals surface area contributed by atoms with Crippen molar-refractivity contribution in [3.8, 4) is 0 Å². The highest BCUT2D eigenvalue weighted by molar-refractivity contribution is 5.27. The van der Waals surface area contributed by atoms with Gasteiger partial charge in [0.15, 0.2) is 0 Å². The normalized spacial score (nSPS) is 24.0. The highest BCUT2D eigenvalue weighted by Crippen LogP contribution is 2.29. The summed E-state index contributed by atoms with van der Waals surface area (Å²) in [5.74, 6) is 0.220. The van der Waals surface area contributed by atoms with Gasteiger partial charge >= 0.3 is 0 Å². The molecule has 0 saturated heterocycles. The van der Waals surface area contributed by atoms with Gasteiger partial charge in [0, 0.05) is 17.6 Å². The Morgan fingerprint density at radius 1 is 1.14 bits per heavy atom. The van der Waals surface area contributed by atoms with Crippen LogP contribution in [-0.4, -0.2) is 6.04 Å². The number of benzene rings is 1. The van der Waals surface area contributed by atoms with Crippen molar-refractivity contribution in [1.82, 2.24) is 5.32 Å². The minimum absolute atomic E-state index is 0.146. The lowest BCUT2D eigenvalue weighted by Crippen LogP contribution is -2.35. The molecule has 1 aliphatic rings. The number of hydrogen-bond donors (Lipinski definition) is 1. The van der Waals surface area contributed by atoms with Gasteiger partial charge in [-0.3, -0.25) is 0 Å². The highest BCUT2D eigenvalue weighted by Gasteiger charge is 2.23. The van der Waals surface area contributed by atoms with Crippen LogP contribution in [0.25, 0.3) is 0 Å². The molecule has 1 aromatic carbocycles. The molecule has 1 N–H and O–H groups in total. The van der Waals surface area contributed by atoms with E-state index in [0.717, 1.165) is 18.8 Å². The first-order valence-corrected chi connectivity index (χ1v) is 8.22. The molecule has 0 radical (unpaired) electrons. The number of nitrogens with one attached hydrogen (secondary N) is 1. The molecule has 1 saturated carbocycles. The largest absolute Gasteiger partial charge is 0.307 e. The van der Waals surface area contributed by atoms with Crippen LogP contribution in [0.4, 0.5) is 8.78 Å². The van der Waals surface area contributed by atoms with Crippen LogP contribution < -0.4 is 5.32 Å². The molecule has 0 aromatic heterocycles. The average Bonchev–Trinajstić information content (AvgIpc) is 2.45. The first kappa shape index (κ1) is 16.4. The number of rotatable bonds is 5. The van der Waals surface area contributed by atoms with Crippen molar-refractivity contribution in [1.29, 1.82) is 0 Å². The predicted octanol–water partition coefficient (Wildman–Crippen LogP) is 5.28. The van der Waals surface area contributed by atoms with Crippen molar-refractivity contribution < 1.29 is 8.78 Å². The minimum Gasteiger partial charge on any atom is -0.307 e. The fourth-order valence-corrected chi connectivity index (χ4v) is 3.46. The van der Waals surface area contributed by atoms with Gasteiger partial charge in [0.2, 0.25) is 0 Å². The molecule has 1 unspecified atom stereocenters. The first-order valence-electron chi connectivity index (χ1n) is 8.22. The van der Waals surface area contributed by atoms with Gasteiger partial charge in [-0.25, -0.2) is 8.78 Å². The summed E-state index contributed by atoms with van der Waals surface area (Å²) in [6.07, 6.45) is 7.37. The summed E-state index contributed by atoms with van der Waals surface area (Å²) in [5, 5.41) is 3.48. The number of hydrogen-bond acceptors (Lipinski definition) is 1. The molecule has 1 atom stereocenters. The summed E-state index contributed by atoms with van der Waals surface area (Å²) in [5.41, 5.74) is 0.803. The van der Waals surface area contributed by atoms with Crippen molar-refractivity contribution in [3.05, 3.63) is 34.9 Å². The Bertz CT molecular complexity index is 465. The summed E-state index contributed by atoms with van der Waals surface area (Å²) in [6, 6.07) is 2.91. The second kappa shape index (κ2) is 7.35. The van der Waals surface area contributed by atoms with Gasteiger partial charge in [0.25, 0.3) is 0 Å². The second-order valence-corrected chi connectivity index (χ2v) is 6.52. The first-order chi connectivity index (χ1) is 10.0. The molecule has 0 amide bonds. The van der Waals surface area contributed by atoms with Crippen molar-refractivity contribution in [2.75, 3.05) is 0 Å².